The Kier molecular flexibility index (Phi) is 5.01. The Bertz CT molecular complexity index is 413. The molecule has 0 saturated heterocycles. The van der Waals surface area contributed by atoms with E-state index in [2.05, 4.69) is 37.2 Å². The molecule has 0 unspecified atom stereocenters. The third-order valence-electron chi connectivity index (χ3n) is 1.77. The zero-order chi connectivity index (χ0) is 13.1. The Morgan fingerprint density at radius 3 is 2.59 bits per heavy atom. The number of benzene rings is 1. The van der Waals surface area contributed by atoms with Crippen LogP contribution in [0.3, 0.4) is 0 Å². The molecular formula is C12H15Br2NO2. The lowest BCUT2D eigenvalue weighted by Gasteiger charge is -2.20. The monoisotopic (exact) mass is 363 g/mol. The summed E-state index contributed by atoms with van der Waals surface area (Å²) in [5, 5.41) is 3.02. The third-order valence-corrected chi connectivity index (χ3v) is 2.96. The fourth-order valence-electron chi connectivity index (χ4n) is 1.18. The average Bonchev–Trinajstić information content (AvgIpc) is 2.17. The normalized spacial score (nSPS) is 11.1. The molecule has 0 aliphatic carbocycles. The van der Waals surface area contributed by atoms with Crippen molar-refractivity contribution in [2.24, 2.45) is 0 Å². The fraction of sp³-hybridized carbons (Fsp3) is 0.417. The van der Waals surface area contributed by atoms with Crippen LogP contribution in [0.1, 0.15) is 20.8 Å². The van der Waals surface area contributed by atoms with Crippen molar-refractivity contribution < 1.29 is 9.53 Å². The number of ether oxygens (including phenoxy) is 1. The average molecular weight is 365 g/mol. The summed E-state index contributed by atoms with van der Waals surface area (Å²) in [7, 11) is 0. The maximum atomic E-state index is 11.5. The van der Waals surface area contributed by atoms with Crippen LogP contribution < -0.4 is 5.32 Å². The Morgan fingerprint density at radius 2 is 2.00 bits per heavy atom. The molecule has 0 fully saturated rings. The van der Waals surface area contributed by atoms with Gasteiger partial charge in [0.05, 0.1) is 5.69 Å². The van der Waals surface area contributed by atoms with Crippen molar-refractivity contribution in [1.29, 1.82) is 0 Å². The lowest BCUT2D eigenvalue weighted by atomic mass is 10.2. The van der Waals surface area contributed by atoms with Crippen LogP contribution in [-0.2, 0) is 9.53 Å². The van der Waals surface area contributed by atoms with Crippen molar-refractivity contribution in [2.45, 2.75) is 26.4 Å². The largest absolute Gasteiger partial charge is 0.459 e. The van der Waals surface area contributed by atoms with Gasteiger partial charge >= 0.3 is 5.97 Å². The van der Waals surface area contributed by atoms with Gasteiger partial charge in [-0.05, 0) is 54.9 Å². The molecule has 0 aromatic heterocycles. The predicted octanol–water partition coefficient (Wildman–Crippen LogP) is 3.97. The number of rotatable bonds is 3. The molecule has 0 spiro atoms. The molecule has 0 aliphatic rings. The molecule has 0 atom stereocenters. The van der Waals surface area contributed by atoms with Crippen molar-refractivity contribution in [1.82, 2.24) is 0 Å². The van der Waals surface area contributed by atoms with E-state index in [0.29, 0.717) is 0 Å². The molecular weight excluding hydrogens is 350 g/mol. The molecule has 17 heavy (non-hydrogen) atoms. The summed E-state index contributed by atoms with van der Waals surface area (Å²) in [6, 6.07) is 5.72. The van der Waals surface area contributed by atoms with Crippen molar-refractivity contribution in [2.75, 3.05) is 11.9 Å². The van der Waals surface area contributed by atoms with E-state index in [1.807, 2.05) is 39.0 Å². The fourth-order valence-corrected chi connectivity index (χ4v) is 1.93. The first-order valence-electron chi connectivity index (χ1n) is 5.19. The van der Waals surface area contributed by atoms with E-state index in [-0.39, 0.29) is 12.5 Å². The quantitative estimate of drug-likeness (QED) is 0.825. The lowest BCUT2D eigenvalue weighted by molar-refractivity contribution is -0.152. The molecule has 1 rings (SSSR count). The summed E-state index contributed by atoms with van der Waals surface area (Å²) in [4.78, 5) is 11.5. The van der Waals surface area contributed by atoms with Gasteiger partial charge in [0.1, 0.15) is 12.1 Å². The molecule has 1 N–H and O–H groups in total. The van der Waals surface area contributed by atoms with Gasteiger partial charge in [0.2, 0.25) is 0 Å². The Hall–Kier alpha value is -0.550. The summed E-state index contributed by atoms with van der Waals surface area (Å²) in [5.41, 5.74) is 0.401. The topological polar surface area (TPSA) is 38.3 Å². The number of hydrogen-bond donors (Lipinski definition) is 1. The van der Waals surface area contributed by atoms with Gasteiger partial charge in [-0.1, -0.05) is 15.9 Å². The first-order chi connectivity index (χ1) is 7.78. The van der Waals surface area contributed by atoms with E-state index in [9.17, 15) is 4.79 Å². The zero-order valence-electron chi connectivity index (χ0n) is 10.0. The Balaban J connectivity index is 2.56. The van der Waals surface area contributed by atoms with Crippen LogP contribution in [0.4, 0.5) is 5.69 Å². The van der Waals surface area contributed by atoms with Gasteiger partial charge in [-0.3, -0.25) is 4.79 Å². The number of halogens is 2. The minimum atomic E-state index is -0.451. The smallest absolute Gasteiger partial charge is 0.325 e. The second-order valence-electron chi connectivity index (χ2n) is 4.56. The standard InChI is InChI=1S/C12H15Br2NO2/c1-12(2,3)17-11(16)7-15-10-6-8(13)4-5-9(10)14/h4-6,15H,7H2,1-3H3. The highest BCUT2D eigenvalue weighted by atomic mass is 79.9. The van der Waals surface area contributed by atoms with Gasteiger partial charge in [0.25, 0.3) is 0 Å². The van der Waals surface area contributed by atoms with Crippen LogP contribution >= 0.6 is 31.9 Å². The van der Waals surface area contributed by atoms with Crippen LogP contribution in [0.5, 0.6) is 0 Å². The van der Waals surface area contributed by atoms with Crippen LogP contribution in [-0.4, -0.2) is 18.1 Å². The van der Waals surface area contributed by atoms with Crippen molar-refractivity contribution in [3.8, 4) is 0 Å². The molecule has 1 aromatic carbocycles. The second-order valence-corrected chi connectivity index (χ2v) is 6.33. The number of carbonyl (C=O) groups excluding carboxylic acids is 1. The number of carbonyl (C=O) groups is 1. The van der Waals surface area contributed by atoms with E-state index < -0.39 is 5.60 Å². The minimum absolute atomic E-state index is 0.145. The summed E-state index contributed by atoms with van der Waals surface area (Å²) in [5.74, 6) is -0.274. The van der Waals surface area contributed by atoms with Gasteiger partial charge in [-0.2, -0.15) is 0 Å². The van der Waals surface area contributed by atoms with Crippen molar-refractivity contribution in [3.63, 3.8) is 0 Å². The molecule has 1 aromatic rings. The maximum Gasteiger partial charge on any atom is 0.325 e. The van der Waals surface area contributed by atoms with Gasteiger partial charge in [-0.15, -0.1) is 0 Å². The molecule has 0 bridgehead atoms. The van der Waals surface area contributed by atoms with Crippen LogP contribution in [0.15, 0.2) is 27.1 Å². The molecule has 0 radical (unpaired) electrons. The molecule has 3 nitrogen and oxygen atoms in total. The predicted molar refractivity (Wildman–Crippen MR) is 76.2 cm³/mol. The van der Waals surface area contributed by atoms with Gasteiger partial charge < -0.3 is 10.1 Å². The second kappa shape index (κ2) is 5.87. The highest BCUT2D eigenvalue weighted by Gasteiger charge is 2.16. The molecule has 0 heterocycles. The minimum Gasteiger partial charge on any atom is -0.459 e. The van der Waals surface area contributed by atoms with E-state index in [1.54, 1.807) is 0 Å². The molecule has 94 valence electrons. The van der Waals surface area contributed by atoms with Gasteiger partial charge in [-0.25, -0.2) is 0 Å². The van der Waals surface area contributed by atoms with Crippen LogP contribution in [0.25, 0.3) is 0 Å². The SMILES string of the molecule is CC(C)(C)OC(=O)CNc1cc(Br)ccc1Br. The zero-order valence-corrected chi connectivity index (χ0v) is 13.2. The Labute approximate surface area is 118 Å². The summed E-state index contributed by atoms with van der Waals surface area (Å²) in [6.07, 6.45) is 0. The van der Waals surface area contributed by atoms with E-state index in [4.69, 9.17) is 4.74 Å². The van der Waals surface area contributed by atoms with Gasteiger partial charge in [0, 0.05) is 8.95 Å². The first kappa shape index (κ1) is 14.5. The van der Waals surface area contributed by atoms with Crippen molar-refractivity contribution in [3.05, 3.63) is 27.1 Å². The molecule has 0 aliphatic heterocycles. The summed E-state index contributed by atoms with van der Waals surface area (Å²) in [6.45, 7) is 5.69. The maximum absolute atomic E-state index is 11.5. The van der Waals surface area contributed by atoms with E-state index in [0.717, 1.165) is 14.6 Å². The molecule has 0 saturated carbocycles. The highest BCUT2D eigenvalue weighted by molar-refractivity contribution is 9.11. The highest BCUT2D eigenvalue weighted by Crippen LogP contribution is 2.25. The van der Waals surface area contributed by atoms with Crippen molar-refractivity contribution >= 4 is 43.5 Å². The summed E-state index contributed by atoms with van der Waals surface area (Å²) < 4.78 is 7.06. The van der Waals surface area contributed by atoms with Crippen LogP contribution in [0.2, 0.25) is 0 Å². The first-order valence-corrected chi connectivity index (χ1v) is 6.77. The lowest BCUT2D eigenvalue weighted by Crippen LogP contribution is -2.28. The number of hydrogen-bond acceptors (Lipinski definition) is 3. The number of esters is 1. The summed E-state index contributed by atoms with van der Waals surface area (Å²) >= 11 is 6.78. The van der Waals surface area contributed by atoms with E-state index in [1.165, 1.54) is 0 Å². The number of anilines is 1. The Morgan fingerprint density at radius 1 is 1.35 bits per heavy atom. The van der Waals surface area contributed by atoms with Gasteiger partial charge in [0.15, 0.2) is 0 Å². The van der Waals surface area contributed by atoms with E-state index >= 15 is 0 Å². The molecule has 0 amide bonds. The number of nitrogens with one attached hydrogen (secondary N) is 1. The third kappa shape index (κ3) is 5.55. The molecule has 5 heteroatoms. The van der Waals surface area contributed by atoms with Crippen LogP contribution in [0, 0.1) is 0 Å².